The van der Waals surface area contributed by atoms with Crippen LogP contribution < -0.4 is 14.8 Å². The molecule has 0 aliphatic carbocycles. The Balaban J connectivity index is 1.37. The first-order chi connectivity index (χ1) is 16.5. The van der Waals surface area contributed by atoms with Crippen molar-refractivity contribution in [2.45, 2.75) is 13.3 Å². The molecule has 5 aromatic rings. The van der Waals surface area contributed by atoms with Crippen molar-refractivity contribution in [2.24, 2.45) is 7.05 Å². The Morgan fingerprint density at radius 3 is 2.74 bits per heavy atom. The lowest BCUT2D eigenvalue weighted by Gasteiger charge is -2.12. The van der Waals surface area contributed by atoms with Gasteiger partial charge in [-0.05, 0) is 42.8 Å². The van der Waals surface area contributed by atoms with E-state index in [-0.39, 0.29) is 6.01 Å². The SMILES string of the molecule is Cc1cc(Nc2ncnc3cnc(OCC(F)F)nc23)ccc1Oc1ccc2c(c1)ncn2C. The fourth-order valence-corrected chi connectivity index (χ4v) is 3.42. The number of aromatic nitrogens is 6. The Labute approximate surface area is 192 Å². The second-order valence-electron chi connectivity index (χ2n) is 7.52. The van der Waals surface area contributed by atoms with Crippen LogP contribution in [0.2, 0.25) is 0 Å². The number of fused-ring (bicyclic) bond motifs is 2. The van der Waals surface area contributed by atoms with Crippen LogP contribution in [-0.4, -0.2) is 42.5 Å². The summed E-state index contributed by atoms with van der Waals surface area (Å²) >= 11 is 0. The van der Waals surface area contributed by atoms with Gasteiger partial charge in [0.1, 0.15) is 28.9 Å². The van der Waals surface area contributed by atoms with Gasteiger partial charge in [-0.25, -0.2) is 28.7 Å². The average Bonchev–Trinajstić information content (AvgIpc) is 3.19. The molecular formula is C23H19F2N7O2. The van der Waals surface area contributed by atoms with Crippen LogP contribution in [0.5, 0.6) is 17.5 Å². The fourth-order valence-electron chi connectivity index (χ4n) is 3.42. The zero-order chi connectivity index (χ0) is 23.7. The fraction of sp³-hybridized carbons (Fsp3) is 0.174. The Morgan fingerprint density at radius 2 is 1.91 bits per heavy atom. The second kappa shape index (κ2) is 8.85. The molecule has 0 amide bonds. The summed E-state index contributed by atoms with van der Waals surface area (Å²) in [5.41, 5.74) is 4.29. The maximum atomic E-state index is 12.4. The average molecular weight is 463 g/mol. The van der Waals surface area contributed by atoms with Gasteiger partial charge in [0.15, 0.2) is 12.4 Å². The molecule has 0 radical (unpaired) electrons. The standard InChI is InChI=1S/C23H19F2N7O2/c1-13-7-14(3-6-19(13)34-15-4-5-18-16(8-15)29-12-32(18)2)30-22-21-17(27-11-28-22)9-26-23(31-21)33-10-20(24)25/h3-9,11-12,20H,10H2,1-2H3,(H,27,28,30). The maximum Gasteiger partial charge on any atom is 0.317 e. The molecule has 0 aliphatic rings. The van der Waals surface area contributed by atoms with Crippen LogP contribution >= 0.6 is 0 Å². The van der Waals surface area contributed by atoms with E-state index in [2.05, 4.69) is 30.2 Å². The molecule has 34 heavy (non-hydrogen) atoms. The molecule has 1 N–H and O–H groups in total. The molecule has 172 valence electrons. The summed E-state index contributed by atoms with van der Waals surface area (Å²) in [6.07, 6.45) is 1.90. The highest BCUT2D eigenvalue weighted by atomic mass is 19.3. The van der Waals surface area contributed by atoms with Gasteiger partial charge in [-0.3, -0.25) is 0 Å². The Hall–Kier alpha value is -4.41. The maximum absolute atomic E-state index is 12.4. The summed E-state index contributed by atoms with van der Waals surface area (Å²) in [7, 11) is 1.94. The van der Waals surface area contributed by atoms with Crippen LogP contribution in [0.15, 0.2) is 55.2 Å². The number of nitrogens with zero attached hydrogens (tertiary/aromatic N) is 6. The number of hydrogen-bond acceptors (Lipinski definition) is 8. The highest BCUT2D eigenvalue weighted by molar-refractivity contribution is 5.86. The quantitative estimate of drug-likeness (QED) is 0.368. The minimum Gasteiger partial charge on any atom is -0.457 e. The number of imidazole rings is 1. The summed E-state index contributed by atoms with van der Waals surface area (Å²) in [6.45, 7) is 1.13. The first-order valence-corrected chi connectivity index (χ1v) is 10.3. The molecule has 0 fully saturated rings. The van der Waals surface area contributed by atoms with Crippen molar-refractivity contribution in [3.63, 3.8) is 0 Å². The van der Waals surface area contributed by atoms with Gasteiger partial charge in [0.05, 0.1) is 23.6 Å². The highest BCUT2D eigenvalue weighted by Gasteiger charge is 2.12. The molecule has 0 unspecified atom stereocenters. The number of ether oxygens (including phenoxy) is 2. The first kappa shape index (κ1) is 21.4. The van der Waals surface area contributed by atoms with Gasteiger partial charge in [0, 0.05) is 18.8 Å². The van der Waals surface area contributed by atoms with Crippen molar-refractivity contribution in [3.05, 3.63) is 60.8 Å². The smallest absolute Gasteiger partial charge is 0.317 e. The third kappa shape index (κ3) is 4.40. The molecule has 3 heterocycles. The summed E-state index contributed by atoms with van der Waals surface area (Å²) in [5, 5.41) is 3.18. The van der Waals surface area contributed by atoms with E-state index in [1.807, 2.05) is 54.9 Å². The van der Waals surface area contributed by atoms with E-state index in [0.717, 1.165) is 22.3 Å². The highest BCUT2D eigenvalue weighted by Crippen LogP contribution is 2.30. The Morgan fingerprint density at radius 1 is 1.03 bits per heavy atom. The molecule has 0 bridgehead atoms. The third-order valence-electron chi connectivity index (χ3n) is 5.06. The van der Waals surface area contributed by atoms with Crippen molar-refractivity contribution in [1.29, 1.82) is 0 Å². The monoisotopic (exact) mass is 463 g/mol. The molecule has 2 aromatic carbocycles. The van der Waals surface area contributed by atoms with Crippen molar-refractivity contribution in [3.8, 4) is 17.5 Å². The van der Waals surface area contributed by atoms with E-state index < -0.39 is 13.0 Å². The number of rotatable bonds is 7. The molecule has 0 saturated heterocycles. The lowest BCUT2D eigenvalue weighted by atomic mass is 10.2. The van der Waals surface area contributed by atoms with Crippen molar-refractivity contribution >= 4 is 33.6 Å². The van der Waals surface area contributed by atoms with E-state index in [4.69, 9.17) is 9.47 Å². The lowest BCUT2D eigenvalue weighted by molar-refractivity contribution is 0.0772. The number of aryl methyl sites for hydroxylation is 2. The molecule has 3 aromatic heterocycles. The van der Waals surface area contributed by atoms with Crippen molar-refractivity contribution in [1.82, 2.24) is 29.5 Å². The first-order valence-electron chi connectivity index (χ1n) is 10.3. The summed E-state index contributed by atoms with van der Waals surface area (Å²) in [6, 6.07) is 11.2. The lowest BCUT2D eigenvalue weighted by Crippen LogP contribution is -2.09. The zero-order valence-corrected chi connectivity index (χ0v) is 18.2. The predicted octanol–water partition coefficient (Wildman–Crippen LogP) is 4.79. The second-order valence-corrected chi connectivity index (χ2v) is 7.52. The minimum atomic E-state index is -2.63. The summed E-state index contributed by atoms with van der Waals surface area (Å²) in [5.74, 6) is 1.77. The number of hydrogen-bond donors (Lipinski definition) is 1. The molecule has 0 spiro atoms. The van der Waals surface area contributed by atoms with Gasteiger partial charge in [-0.1, -0.05) is 0 Å². The van der Waals surface area contributed by atoms with Gasteiger partial charge in [-0.2, -0.15) is 4.98 Å². The Kier molecular flexibility index (Phi) is 5.58. The molecule has 0 atom stereocenters. The molecule has 0 saturated carbocycles. The van der Waals surface area contributed by atoms with E-state index in [1.54, 1.807) is 6.33 Å². The van der Waals surface area contributed by atoms with Crippen LogP contribution in [0.25, 0.3) is 22.1 Å². The molecule has 0 aliphatic heterocycles. The normalized spacial score (nSPS) is 11.3. The van der Waals surface area contributed by atoms with Gasteiger partial charge >= 0.3 is 6.01 Å². The zero-order valence-electron chi connectivity index (χ0n) is 18.2. The van der Waals surface area contributed by atoms with E-state index in [9.17, 15) is 8.78 Å². The molecule has 9 nitrogen and oxygen atoms in total. The summed E-state index contributed by atoms with van der Waals surface area (Å²) < 4.78 is 37.8. The predicted molar refractivity (Wildman–Crippen MR) is 122 cm³/mol. The van der Waals surface area contributed by atoms with Gasteiger partial charge in [0.2, 0.25) is 0 Å². The molecule has 5 rings (SSSR count). The van der Waals surface area contributed by atoms with E-state index >= 15 is 0 Å². The van der Waals surface area contributed by atoms with Gasteiger partial charge < -0.3 is 19.4 Å². The Bertz CT molecular complexity index is 1490. The van der Waals surface area contributed by atoms with Crippen LogP contribution in [0, 0.1) is 6.92 Å². The number of nitrogens with one attached hydrogen (secondary N) is 1. The van der Waals surface area contributed by atoms with E-state index in [1.165, 1.54) is 12.5 Å². The third-order valence-corrected chi connectivity index (χ3v) is 5.06. The number of halogens is 2. The van der Waals surface area contributed by atoms with Gasteiger partial charge in [0.25, 0.3) is 6.43 Å². The van der Waals surface area contributed by atoms with Crippen LogP contribution in [-0.2, 0) is 7.05 Å². The minimum absolute atomic E-state index is 0.171. The van der Waals surface area contributed by atoms with E-state index in [0.29, 0.717) is 28.4 Å². The largest absolute Gasteiger partial charge is 0.457 e. The van der Waals surface area contributed by atoms with Crippen LogP contribution in [0.3, 0.4) is 0 Å². The molecular weight excluding hydrogens is 444 g/mol. The summed E-state index contributed by atoms with van der Waals surface area (Å²) in [4.78, 5) is 20.8. The van der Waals surface area contributed by atoms with Crippen molar-refractivity contribution in [2.75, 3.05) is 11.9 Å². The topological polar surface area (TPSA) is 99.9 Å². The number of alkyl halides is 2. The number of benzene rings is 2. The number of anilines is 2. The van der Waals surface area contributed by atoms with Crippen LogP contribution in [0.1, 0.15) is 5.56 Å². The van der Waals surface area contributed by atoms with Crippen LogP contribution in [0.4, 0.5) is 20.3 Å². The van der Waals surface area contributed by atoms with Crippen molar-refractivity contribution < 1.29 is 18.3 Å². The van der Waals surface area contributed by atoms with Gasteiger partial charge in [-0.15, -0.1) is 0 Å². The molecule has 11 heteroatoms.